The van der Waals surface area contributed by atoms with Crippen LogP contribution in [0.5, 0.6) is 0 Å². The molecular weight excluding hydrogens is 400 g/mol. The molecule has 0 N–H and O–H groups in total. The molecular formula is C23H26N2O2S2. The van der Waals surface area contributed by atoms with Crippen LogP contribution in [0.1, 0.15) is 29.9 Å². The molecule has 0 bridgehead atoms. The summed E-state index contributed by atoms with van der Waals surface area (Å²) in [5, 5.41) is 1.58. The third-order valence-electron chi connectivity index (χ3n) is 5.33. The van der Waals surface area contributed by atoms with Gasteiger partial charge < -0.3 is 4.74 Å². The molecule has 1 aliphatic heterocycles. The number of aryl methyl sites for hydroxylation is 1. The second-order valence-electron chi connectivity index (χ2n) is 7.67. The predicted octanol–water partition coefficient (Wildman–Crippen LogP) is 5.08. The summed E-state index contributed by atoms with van der Waals surface area (Å²) in [6.07, 6.45) is 3.61. The lowest BCUT2D eigenvalue weighted by Gasteiger charge is -2.26. The van der Waals surface area contributed by atoms with E-state index in [-0.39, 0.29) is 11.7 Å². The molecule has 1 unspecified atom stereocenters. The lowest BCUT2D eigenvalue weighted by atomic mass is 9.96. The SMILES string of the molecule is C=CCSc1nc2sc3c(c2c(=O)n1CCc1ccccc1)CC(C(C)C)OC3. The van der Waals surface area contributed by atoms with Crippen molar-refractivity contribution in [2.45, 2.75) is 51.1 Å². The van der Waals surface area contributed by atoms with Crippen LogP contribution in [0.25, 0.3) is 10.2 Å². The van der Waals surface area contributed by atoms with E-state index < -0.39 is 0 Å². The van der Waals surface area contributed by atoms with Crippen LogP contribution in [0.4, 0.5) is 0 Å². The minimum atomic E-state index is 0.0828. The average molecular weight is 427 g/mol. The van der Waals surface area contributed by atoms with Crippen molar-refractivity contribution in [1.29, 1.82) is 0 Å². The van der Waals surface area contributed by atoms with Crippen molar-refractivity contribution in [3.8, 4) is 0 Å². The number of hydrogen-bond acceptors (Lipinski definition) is 5. The first-order chi connectivity index (χ1) is 14.1. The normalized spacial score (nSPS) is 16.3. The first-order valence-electron chi connectivity index (χ1n) is 10.0. The van der Waals surface area contributed by atoms with Gasteiger partial charge >= 0.3 is 0 Å². The summed E-state index contributed by atoms with van der Waals surface area (Å²) in [6.45, 7) is 9.36. The zero-order valence-electron chi connectivity index (χ0n) is 16.9. The summed E-state index contributed by atoms with van der Waals surface area (Å²) >= 11 is 3.18. The molecule has 4 nitrogen and oxygen atoms in total. The molecule has 0 spiro atoms. The molecule has 0 amide bonds. The molecule has 0 saturated heterocycles. The lowest BCUT2D eigenvalue weighted by Crippen LogP contribution is -2.29. The van der Waals surface area contributed by atoms with E-state index in [4.69, 9.17) is 9.72 Å². The molecule has 3 aromatic rings. The lowest BCUT2D eigenvalue weighted by molar-refractivity contribution is 0.00200. The van der Waals surface area contributed by atoms with E-state index in [1.165, 1.54) is 5.56 Å². The fourth-order valence-electron chi connectivity index (χ4n) is 3.70. The maximum absolute atomic E-state index is 13.6. The Morgan fingerprint density at radius 2 is 2.17 bits per heavy atom. The number of hydrogen-bond donors (Lipinski definition) is 0. The van der Waals surface area contributed by atoms with Crippen LogP contribution in [0.15, 0.2) is 52.9 Å². The molecule has 0 saturated carbocycles. The van der Waals surface area contributed by atoms with Gasteiger partial charge in [-0.3, -0.25) is 9.36 Å². The number of aromatic nitrogens is 2. The molecule has 152 valence electrons. The highest BCUT2D eigenvalue weighted by molar-refractivity contribution is 7.99. The van der Waals surface area contributed by atoms with Gasteiger partial charge in [-0.05, 0) is 23.5 Å². The van der Waals surface area contributed by atoms with Gasteiger partial charge in [0.15, 0.2) is 5.16 Å². The molecule has 3 heterocycles. The highest BCUT2D eigenvalue weighted by atomic mass is 32.2. The Morgan fingerprint density at radius 1 is 1.38 bits per heavy atom. The van der Waals surface area contributed by atoms with E-state index >= 15 is 0 Å². The second kappa shape index (κ2) is 8.86. The summed E-state index contributed by atoms with van der Waals surface area (Å²) in [5.74, 6) is 1.15. The van der Waals surface area contributed by atoms with Crippen molar-refractivity contribution in [2.24, 2.45) is 5.92 Å². The predicted molar refractivity (Wildman–Crippen MR) is 122 cm³/mol. The Balaban J connectivity index is 1.77. The molecule has 6 heteroatoms. The minimum absolute atomic E-state index is 0.0828. The number of thiophene rings is 1. The Morgan fingerprint density at radius 3 is 2.90 bits per heavy atom. The number of thioether (sulfide) groups is 1. The molecule has 2 aromatic heterocycles. The van der Waals surface area contributed by atoms with Gasteiger partial charge in [0.25, 0.3) is 5.56 Å². The average Bonchev–Trinajstić information content (AvgIpc) is 3.10. The summed E-state index contributed by atoms with van der Waals surface area (Å²) in [4.78, 5) is 20.5. The Kier molecular flexibility index (Phi) is 6.23. The maximum atomic E-state index is 13.6. The van der Waals surface area contributed by atoms with Crippen molar-refractivity contribution in [2.75, 3.05) is 5.75 Å². The number of ether oxygens (including phenoxy) is 1. The van der Waals surface area contributed by atoms with Crippen molar-refractivity contribution in [1.82, 2.24) is 9.55 Å². The monoisotopic (exact) mass is 426 g/mol. The fourth-order valence-corrected chi connectivity index (χ4v) is 5.62. The van der Waals surface area contributed by atoms with Gasteiger partial charge in [-0.2, -0.15) is 0 Å². The van der Waals surface area contributed by atoms with Crippen LogP contribution >= 0.6 is 23.1 Å². The molecule has 1 aliphatic rings. The first-order valence-corrected chi connectivity index (χ1v) is 11.8. The Bertz CT molecular complexity index is 1070. The molecule has 0 radical (unpaired) electrons. The number of nitrogens with zero attached hydrogens (tertiary/aromatic N) is 2. The van der Waals surface area contributed by atoms with Crippen molar-refractivity contribution >= 4 is 33.3 Å². The second-order valence-corrected chi connectivity index (χ2v) is 9.74. The minimum Gasteiger partial charge on any atom is -0.372 e. The van der Waals surface area contributed by atoms with E-state index in [0.29, 0.717) is 19.1 Å². The number of fused-ring (bicyclic) bond motifs is 3. The zero-order valence-corrected chi connectivity index (χ0v) is 18.5. The van der Waals surface area contributed by atoms with Gasteiger partial charge in [-0.15, -0.1) is 17.9 Å². The van der Waals surface area contributed by atoms with Crippen LogP contribution < -0.4 is 5.56 Å². The third kappa shape index (κ3) is 4.20. The van der Waals surface area contributed by atoms with Gasteiger partial charge in [-0.1, -0.05) is 62.0 Å². The van der Waals surface area contributed by atoms with Crippen molar-refractivity contribution in [3.63, 3.8) is 0 Å². The highest BCUT2D eigenvalue weighted by Gasteiger charge is 2.28. The van der Waals surface area contributed by atoms with Gasteiger partial charge in [0.2, 0.25) is 0 Å². The Hall–Kier alpha value is -1.89. The summed E-state index contributed by atoms with van der Waals surface area (Å²) in [6, 6.07) is 10.3. The van der Waals surface area contributed by atoms with Gasteiger partial charge in [-0.25, -0.2) is 4.98 Å². The maximum Gasteiger partial charge on any atom is 0.263 e. The third-order valence-corrected chi connectivity index (χ3v) is 7.41. The van der Waals surface area contributed by atoms with Crippen LogP contribution in [-0.4, -0.2) is 21.4 Å². The van der Waals surface area contributed by atoms with Crippen LogP contribution in [0.2, 0.25) is 0 Å². The molecule has 1 aromatic carbocycles. The van der Waals surface area contributed by atoms with Crippen molar-refractivity contribution < 1.29 is 4.74 Å². The van der Waals surface area contributed by atoms with Crippen LogP contribution in [0.3, 0.4) is 0 Å². The van der Waals surface area contributed by atoms with Crippen LogP contribution in [0, 0.1) is 5.92 Å². The van der Waals surface area contributed by atoms with E-state index in [0.717, 1.165) is 44.4 Å². The summed E-state index contributed by atoms with van der Waals surface area (Å²) in [5.41, 5.74) is 2.46. The number of benzene rings is 1. The van der Waals surface area contributed by atoms with Gasteiger partial charge in [0.1, 0.15) is 4.83 Å². The van der Waals surface area contributed by atoms with E-state index in [9.17, 15) is 4.79 Å². The van der Waals surface area contributed by atoms with Gasteiger partial charge in [0, 0.05) is 23.6 Å². The largest absolute Gasteiger partial charge is 0.372 e. The number of rotatable bonds is 7. The molecule has 0 fully saturated rings. The quantitative estimate of drug-likeness (QED) is 0.300. The highest BCUT2D eigenvalue weighted by Crippen LogP contribution is 2.35. The smallest absolute Gasteiger partial charge is 0.263 e. The first kappa shape index (κ1) is 20.4. The zero-order chi connectivity index (χ0) is 20.4. The van der Waals surface area contributed by atoms with Gasteiger partial charge in [0.05, 0.1) is 18.1 Å². The van der Waals surface area contributed by atoms with Crippen LogP contribution in [-0.2, 0) is 30.7 Å². The fraction of sp³-hybridized carbons (Fsp3) is 0.391. The topological polar surface area (TPSA) is 44.1 Å². The van der Waals surface area contributed by atoms with E-state index in [1.807, 2.05) is 28.8 Å². The standard InChI is InChI=1S/C23H26N2O2S2/c1-4-12-28-23-24-21-20(17-13-18(15(2)3)27-14-19(17)29-21)22(26)25(23)11-10-16-8-6-5-7-9-16/h4-9,15,18H,1,10-14H2,2-3H3. The molecule has 29 heavy (non-hydrogen) atoms. The molecule has 1 atom stereocenters. The van der Waals surface area contributed by atoms with E-state index in [1.54, 1.807) is 23.1 Å². The summed E-state index contributed by atoms with van der Waals surface area (Å²) in [7, 11) is 0. The summed E-state index contributed by atoms with van der Waals surface area (Å²) < 4.78 is 7.88. The molecule has 4 rings (SSSR count). The Labute approximate surface area is 179 Å². The van der Waals surface area contributed by atoms with E-state index in [2.05, 4.69) is 32.6 Å². The van der Waals surface area contributed by atoms with Crippen molar-refractivity contribution in [3.05, 3.63) is 69.3 Å². The molecule has 0 aliphatic carbocycles.